The van der Waals surface area contributed by atoms with Gasteiger partial charge in [-0.3, -0.25) is 0 Å². The molecule has 0 fully saturated rings. The standard InChI is InChI=1S/C12H4Cl2N4OS/c13-6-3-8(14)10(16-5-6)11-17-12(19-18-11)9-2-1-7(4-15)20-9/h1-3,5H. The highest BCUT2D eigenvalue weighted by atomic mass is 35.5. The minimum atomic E-state index is 0.272. The highest BCUT2D eigenvalue weighted by Gasteiger charge is 2.16. The van der Waals surface area contributed by atoms with Crippen molar-refractivity contribution in [2.45, 2.75) is 0 Å². The van der Waals surface area contributed by atoms with Crippen LogP contribution in [0.15, 0.2) is 28.9 Å². The molecule has 98 valence electrons. The van der Waals surface area contributed by atoms with Crippen molar-refractivity contribution < 1.29 is 4.52 Å². The maximum Gasteiger partial charge on any atom is 0.268 e. The Balaban J connectivity index is 2.00. The molecular weight excluding hydrogens is 319 g/mol. The minimum absolute atomic E-state index is 0.272. The molecule has 0 N–H and O–H groups in total. The van der Waals surface area contributed by atoms with Gasteiger partial charge in [-0.25, -0.2) is 4.98 Å². The molecule has 0 aliphatic heterocycles. The molecule has 3 heterocycles. The molecule has 0 unspecified atom stereocenters. The normalized spacial score (nSPS) is 10.4. The molecule has 0 amide bonds. The van der Waals surface area contributed by atoms with Crippen molar-refractivity contribution in [2.24, 2.45) is 0 Å². The second-order valence-corrected chi connectivity index (χ2v) is 5.61. The van der Waals surface area contributed by atoms with Gasteiger partial charge in [0.15, 0.2) is 0 Å². The van der Waals surface area contributed by atoms with Gasteiger partial charge in [0, 0.05) is 6.20 Å². The number of nitrogens with zero attached hydrogens (tertiary/aromatic N) is 4. The Hall–Kier alpha value is -1.94. The molecule has 8 heteroatoms. The summed E-state index contributed by atoms with van der Waals surface area (Å²) < 4.78 is 5.16. The fourth-order valence-corrected chi connectivity index (χ4v) is 2.70. The van der Waals surface area contributed by atoms with Crippen molar-refractivity contribution in [3.8, 4) is 28.4 Å². The fraction of sp³-hybridized carbons (Fsp3) is 0. The van der Waals surface area contributed by atoms with E-state index in [1.165, 1.54) is 17.5 Å². The summed E-state index contributed by atoms with van der Waals surface area (Å²) in [7, 11) is 0. The van der Waals surface area contributed by atoms with Gasteiger partial charge in [0.25, 0.3) is 5.89 Å². The van der Waals surface area contributed by atoms with Gasteiger partial charge in [-0.1, -0.05) is 28.4 Å². The van der Waals surface area contributed by atoms with Crippen LogP contribution in [0.4, 0.5) is 0 Å². The van der Waals surface area contributed by atoms with E-state index >= 15 is 0 Å². The number of halogens is 2. The van der Waals surface area contributed by atoms with E-state index in [9.17, 15) is 0 Å². The van der Waals surface area contributed by atoms with E-state index in [0.717, 1.165) is 0 Å². The average molecular weight is 323 g/mol. The number of pyridine rings is 1. The van der Waals surface area contributed by atoms with Crippen LogP contribution in [0.3, 0.4) is 0 Å². The topological polar surface area (TPSA) is 75.6 Å². The predicted molar refractivity (Wildman–Crippen MR) is 75.6 cm³/mol. The molecule has 20 heavy (non-hydrogen) atoms. The molecule has 5 nitrogen and oxygen atoms in total. The Morgan fingerprint density at radius 3 is 2.85 bits per heavy atom. The summed E-state index contributed by atoms with van der Waals surface area (Å²) >= 11 is 13.1. The van der Waals surface area contributed by atoms with E-state index in [0.29, 0.717) is 31.4 Å². The Morgan fingerprint density at radius 1 is 1.30 bits per heavy atom. The molecule has 0 spiro atoms. The summed E-state index contributed by atoms with van der Waals surface area (Å²) in [5.74, 6) is 0.591. The van der Waals surface area contributed by atoms with Gasteiger partial charge < -0.3 is 4.52 Å². The third kappa shape index (κ3) is 2.39. The number of hydrogen-bond acceptors (Lipinski definition) is 6. The molecule has 0 saturated carbocycles. The van der Waals surface area contributed by atoms with Crippen LogP contribution in [-0.4, -0.2) is 15.1 Å². The van der Waals surface area contributed by atoms with Gasteiger partial charge in [0.2, 0.25) is 5.82 Å². The molecule has 3 rings (SSSR count). The second kappa shape index (κ2) is 5.21. The van der Waals surface area contributed by atoms with Gasteiger partial charge in [0.1, 0.15) is 16.6 Å². The van der Waals surface area contributed by atoms with Crippen LogP contribution in [0.2, 0.25) is 10.0 Å². The first-order chi connectivity index (χ1) is 9.67. The van der Waals surface area contributed by atoms with Crippen LogP contribution in [-0.2, 0) is 0 Å². The highest BCUT2D eigenvalue weighted by molar-refractivity contribution is 7.15. The molecule has 0 aliphatic carbocycles. The largest absolute Gasteiger partial charge is 0.333 e. The van der Waals surface area contributed by atoms with Gasteiger partial charge in [-0.05, 0) is 18.2 Å². The molecule has 3 aromatic heterocycles. The number of aromatic nitrogens is 3. The first kappa shape index (κ1) is 13.1. The summed E-state index contributed by atoms with van der Waals surface area (Å²) in [6.45, 7) is 0. The van der Waals surface area contributed by atoms with Crippen molar-refractivity contribution in [1.82, 2.24) is 15.1 Å². The van der Waals surface area contributed by atoms with Crippen LogP contribution in [0.5, 0.6) is 0 Å². The third-order valence-electron chi connectivity index (χ3n) is 2.37. The lowest BCUT2D eigenvalue weighted by molar-refractivity contribution is 0.433. The van der Waals surface area contributed by atoms with Crippen molar-refractivity contribution in [3.63, 3.8) is 0 Å². The van der Waals surface area contributed by atoms with Crippen molar-refractivity contribution >= 4 is 34.5 Å². The maximum absolute atomic E-state index is 8.80. The maximum atomic E-state index is 8.80. The predicted octanol–water partition coefficient (Wildman–Crippen LogP) is 4.04. The highest BCUT2D eigenvalue weighted by Crippen LogP contribution is 2.30. The lowest BCUT2D eigenvalue weighted by Gasteiger charge is -1.97. The van der Waals surface area contributed by atoms with Crippen molar-refractivity contribution in [3.05, 3.63) is 39.3 Å². The molecule has 0 atom stereocenters. The molecule has 0 radical (unpaired) electrons. The molecule has 0 bridgehead atoms. The minimum Gasteiger partial charge on any atom is -0.333 e. The van der Waals surface area contributed by atoms with E-state index in [4.69, 9.17) is 33.0 Å². The zero-order valence-corrected chi connectivity index (χ0v) is 12.0. The SMILES string of the molecule is N#Cc1ccc(-c2nc(-c3ncc(Cl)cc3Cl)no2)s1. The van der Waals surface area contributed by atoms with Crippen LogP contribution >= 0.6 is 34.5 Å². The zero-order valence-electron chi connectivity index (χ0n) is 9.67. The molecule has 0 saturated heterocycles. The molecule has 0 aromatic carbocycles. The van der Waals surface area contributed by atoms with E-state index in [-0.39, 0.29) is 5.82 Å². The number of hydrogen-bond donors (Lipinski definition) is 0. The molecular formula is C12H4Cl2N4OS. The van der Waals surface area contributed by atoms with Crippen molar-refractivity contribution in [2.75, 3.05) is 0 Å². The van der Waals surface area contributed by atoms with E-state index in [1.54, 1.807) is 18.2 Å². The summed E-state index contributed by atoms with van der Waals surface area (Å²) in [6, 6.07) is 7.05. The fourth-order valence-electron chi connectivity index (χ4n) is 1.51. The van der Waals surface area contributed by atoms with Crippen LogP contribution < -0.4 is 0 Å². The third-order valence-corrected chi connectivity index (χ3v) is 3.85. The van der Waals surface area contributed by atoms with E-state index < -0.39 is 0 Å². The van der Waals surface area contributed by atoms with E-state index in [1.807, 2.05) is 0 Å². The van der Waals surface area contributed by atoms with Gasteiger partial charge in [-0.2, -0.15) is 10.2 Å². The second-order valence-electron chi connectivity index (χ2n) is 3.68. The van der Waals surface area contributed by atoms with Gasteiger partial charge in [0.05, 0.1) is 14.9 Å². The first-order valence-corrected chi connectivity index (χ1v) is 6.90. The first-order valence-electron chi connectivity index (χ1n) is 5.33. The molecule has 0 aliphatic rings. The molecule has 3 aromatic rings. The number of rotatable bonds is 2. The van der Waals surface area contributed by atoms with Gasteiger partial charge >= 0.3 is 0 Å². The Kier molecular flexibility index (Phi) is 3.40. The smallest absolute Gasteiger partial charge is 0.268 e. The monoisotopic (exact) mass is 322 g/mol. The lowest BCUT2D eigenvalue weighted by atomic mass is 10.3. The van der Waals surface area contributed by atoms with Crippen LogP contribution in [0.25, 0.3) is 22.3 Å². The Morgan fingerprint density at radius 2 is 2.15 bits per heavy atom. The summed E-state index contributed by atoms with van der Waals surface area (Å²) in [4.78, 5) is 9.59. The zero-order chi connectivity index (χ0) is 14.1. The van der Waals surface area contributed by atoms with Gasteiger partial charge in [-0.15, -0.1) is 11.3 Å². The lowest BCUT2D eigenvalue weighted by Crippen LogP contribution is -1.87. The number of thiophene rings is 1. The Labute approximate surface area is 127 Å². The van der Waals surface area contributed by atoms with Crippen LogP contribution in [0.1, 0.15) is 4.88 Å². The average Bonchev–Trinajstić information content (AvgIpc) is 3.07. The van der Waals surface area contributed by atoms with Crippen LogP contribution in [0, 0.1) is 11.3 Å². The summed E-state index contributed by atoms with van der Waals surface area (Å²) in [6.07, 6.45) is 1.46. The quantitative estimate of drug-likeness (QED) is 0.711. The number of nitriles is 1. The summed E-state index contributed by atoms with van der Waals surface area (Å²) in [5, 5.41) is 13.4. The van der Waals surface area contributed by atoms with E-state index in [2.05, 4.69) is 21.2 Å². The Bertz CT molecular complexity index is 821. The summed E-state index contributed by atoms with van der Waals surface area (Å²) in [5.41, 5.74) is 0.392. The van der Waals surface area contributed by atoms with Crippen molar-refractivity contribution in [1.29, 1.82) is 5.26 Å².